The Morgan fingerprint density at radius 2 is 1.54 bits per heavy atom. The summed E-state index contributed by atoms with van der Waals surface area (Å²) in [5.74, 6) is -0.235. The lowest BCUT2D eigenvalue weighted by atomic mass is 10.1. The van der Waals surface area contributed by atoms with Crippen LogP contribution in [0.4, 0.5) is 5.69 Å². The zero-order valence-corrected chi connectivity index (χ0v) is 25.8. The molecule has 0 heterocycles. The van der Waals surface area contributed by atoms with Crippen molar-refractivity contribution in [2.45, 2.75) is 57.1 Å². The molecule has 2 amide bonds. The fourth-order valence-corrected chi connectivity index (χ4v) is 6.15. The van der Waals surface area contributed by atoms with Crippen LogP contribution in [0.25, 0.3) is 0 Å². The molecule has 0 bridgehead atoms. The number of rotatable bonds is 13. The lowest BCUT2D eigenvalue weighted by Crippen LogP contribution is -2.53. The van der Waals surface area contributed by atoms with Gasteiger partial charge in [-0.2, -0.15) is 0 Å². The minimum absolute atomic E-state index is 0.00726. The first-order chi connectivity index (χ1) is 19.5. The number of nitrogens with zero attached hydrogens (tertiary/aromatic N) is 2. The van der Waals surface area contributed by atoms with Crippen molar-refractivity contribution in [3.8, 4) is 5.75 Å². The third kappa shape index (κ3) is 8.38. The number of methoxy groups -OCH3 is 1. The van der Waals surface area contributed by atoms with Crippen molar-refractivity contribution < 1.29 is 22.7 Å². The molecular weight excluding hydrogens is 585 g/mol. The van der Waals surface area contributed by atoms with Crippen LogP contribution in [0, 0.1) is 0 Å². The number of halogens is 2. The van der Waals surface area contributed by atoms with Crippen LogP contribution in [0.15, 0.2) is 77.7 Å². The van der Waals surface area contributed by atoms with Gasteiger partial charge in [0.1, 0.15) is 18.3 Å². The van der Waals surface area contributed by atoms with Gasteiger partial charge in [-0.1, -0.05) is 67.4 Å². The summed E-state index contributed by atoms with van der Waals surface area (Å²) in [6.07, 6.45) is 1.03. The summed E-state index contributed by atoms with van der Waals surface area (Å²) < 4.78 is 34.0. The van der Waals surface area contributed by atoms with Crippen molar-refractivity contribution in [1.82, 2.24) is 10.2 Å². The molecule has 11 heteroatoms. The quantitative estimate of drug-likeness (QED) is 0.256. The first-order valence-corrected chi connectivity index (χ1v) is 15.5. The molecule has 3 aromatic rings. The molecule has 0 aliphatic carbocycles. The Kier molecular flexibility index (Phi) is 11.5. The second kappa shape index (κ2) is 14.6. The van der Waals surface area contributed by atoms with E-state index in [1.54, 1.807) is 49.6 Å². The Labute approximate surface area is 252 Å². The molecule has 0 saturated carbocycles. The number of carbonyl (C=O) groups is 2. The summed E-state index contributed by atoms with van der Waals surface area (Å²) in [6, 6.07) is 18.3. The zero-order chi connectivity index (χ0) is 30.2. The minimum Gasteiger partial charge on any atom is -0.497 e. The van der Waals surface area contributed by atoms with Gasteiger partial charge in [-0.25, -0.2) is 8.42 Å². The summed E-state index contributed by atoms with van der Waals surface area (Å²) in [5, 5.41) is 3.38. The van der Waals surface area contributed by atoms with E-state index in [1.165, 1.54) is 35.2 Å². The molecule has 0 radical (unpaired) electrons. The maximum Gasteiger partial charge on any atom is 0.264 e. The number of sulfonamides is 1. The highest BCUT2D eigenvalue weighted by Gasteiger charge is 2.34. The van der Waals surface area contributed by atoms with Crippen LogP contribution in [0.1, 0.15) is 39.2 Å². The summed E-state index contributed by atoms with van der Waals surface area (Å²) in [6.45, 7) is 5.14. The Hall–Kier alpha value is -3.27. The van der Waals surface area contributed by atoms with Crippen LogP contribution in [0.2, 0.25) is 10.0 Å². The smallest absolute Gasteiger partial charge is 0.264 e. The first kappa shape index (κ1) is 32.2. The highest BCUT2D eigenvalue weighted by molar-refractivity contribution is 7.92. The summed E-state index contributed by atoms with van der Waals surface area (Å²) in [7, 11) is -2.67. The van der Waals surface area contributed by atoms with E-state index in [1.807, 2.05) is 20.8 Å². The molecule has 8 nitrogen and oxygen atoms in total. The monoisotopic (exact) mass is 619 g/mol. The predicted molar refractivity (Wildman–Crippen MR) is 163 cm³/mol. The Balaban J connectivity index is 2.07. The van der Waals surface area contributed by atoms with Gasteiger partial charge >= 0.3 is 0 Å². The summed E-state index contributed by atoms with van der Waals surface area (Å²) >= 11 is 12.5. The van der Waals surface area contributed by atoms with Crippen molar-refractivity contribution >= 4 is 50.7 Å². The minimum atomic E-state index is -4.22. The van der Waals surface area contributed by atoms with Gasteiger partial charge in [0.15, 0.2) is 0 Å². The van der Waals surface area contributed by atoms with Crippen LogP contribution >= 0.6 is 23.2 Å². The fourth-order valence-electron chi connectivity index (χ4n) is 4.22. The van der Waals surface area contributed by atoms with Crippen LogP contribution in [-0.2, 0) is 26.2 Å². The first-order valence-electron chi connectivity index (χ1n) is 13.3. The van der Waals surface area contributed by atoms with E-state index in [2.05, 4.69) is 5.32 Å². The van der Waals surface area contributed by atoms with Crippen LogP contribution in [-0.4, -0.2) is 50.9 Å². The van der Waals surface area contributed by atoms with Gasteiger partial charge in [-0.15, -0.1) is 0 Å². The molecular formula is C30H35Cl2N3O5S. The SMILES string of the molecule is CC[C@H](C)NC(=O)[C@H](CC)N(Cc1ccc(OC)cc1)C(=O)CN(c1cc(Cl)cc(Cl)c1)S(=O)(=O)c1ccccc1. The van der Waals surface area contributed by atoms with E-state index >= 15 is 0 Å². The van der Waals surface area contributed by atoms with Gasteiger partial charge in [-0.05, 0) is 67.8 Å². The molecule has 41 heavy (non-hydrogen) atoms. The average molecular weight is 621 g/mol. The van der Waals surface area contributed by atoms with Crippen molar-refractivity contribution in [1.29, 1.82) is 0 Å². The molecule has 0 spiro atoms. The number of hydrogen-bond donors (Lipinski definition) is 1. The summed E-state index contributed by atoms with van der Waals surface area (Å²) in [5.41, 5.74) is 0.874. The van der Waals surface area contributed by atoms with Gasteiger partial charge in [0.2, 0.25) is 11.8 Å². The molecule has 0 aliphatic heterocycles. The molecule has 220 valence electrons. The van der Waals surface area contributed by atoms with Crippen LogP contribution in [0.5, 0.6) is 5.75 Å². The second-order valence-electron chi connectivity index (χ2n) is 9.56. The normalized spacial score (nSPS) is 12.7. The third-order valence-electron chi connectivity index (χ3n) is 6.64. The Morgan fingerprint density at radius 3 is 2.07 bits per heavy atom. The lowest BCUT2D eigenvalue weighted by molar-refractivity contribution is -0.140. The van der Waals surface area contributed by atoms with E-state index in [4.69, 9.17) is 27.9 Å². The van der Waals surface area contributed by atoms with Crippen LogP contribution in [0.3, 0.4) is 0 Å². The predicted octanol–water partition coefficient (Wildman–Crippen LogP) is 5.92. The molecule has 0 fully saturated rings. The molecule has 3 aromatic carbocycles. The molecule has 0 saturated heterocycles. The van der Waals surface area contributed by atoms with Crippen molar-refractivity contribution in [3.05, 3.63) is 88.4 Å². The van der Waals surface area contributed by atoms with E-state index in [-0.39, 0.29) is 39.1 Å². The van der Waals surface area contributed by atoms with Crippen LogP contribution < -0.4 is 14.4 Å². The lowest BCUT2D eigenvalue weighted by Gasteiger charge is -2.33. The molecule has 0 unspecified atom stereocenters. The largest absolute Gasteiger partial charge is 0.497 e. The van der Waals surface area contributed by atoms with E-state index in [9.17, 15) is 18.0 Å². The molecule has 0 aliphatic rings. The highest BCUT2D eigenvalue weighted by atomic mass is 35.5. The summed E-state index contributed by atoms with van der Waals surface area (Å²) in [4.78, 5) is 28.9. The van der Waals surface area contributed by atoms with Crippen molar-refractivity contribution in [2.24, 2.45) is 0 Å². The zero-order valence-electron chi connectivity index (χ0n) is 23.5. The number of ether oxygens (including phenoxy) is 1. The van der Waals surface area contributed by atoms with Gasteiger partial charge < -0.3 is 15.0 Å². The van der Waals surface area contributed by atoms with Gasteiger partial charge in [0.25, 0.3) is 10.0 Å². The third-order valence-corrected chi connectivity index (χ3v) is 8.87. The number of amides is 2. The number of hydrogen-bond acceptors (Lipinski definition) is 5. The Bertz CT molecular complexity index is 1420. The fraction of sp³-hybridized carbons (Fsp3) is 0.333. The van der Waals surface area contributed by atoms with Gasteiger partial charge in [0.05, 0.1) is 17.7 Å². The molecule has 0 aromatic heterocycles. The number of benzene rings is 3. The van der Waals surface area contributed by atoms with Gasteiger partial charge in [-0.3, -0.25) is 13.9 Å². The van der Waals surface area contributed by atoms with Crippen molar-refractivity contribution in [3.63, 3.8) is 0 Å². The molecule has 1 N–H and O–H groups in total. The molecule has 3 rings (SSSR count). The number of nitrogens with one attached hydrogen (secondary N) is 1. The highest BCUT2D eigenvalue weighted by Crippen LogP contribution is 2.30. The standard InChI is InChI=1S/C30H35Cl2N3O5S/c1-5-21(3)33-30(37)28(6-2)34(19-22-12-14-26(40-4)15-13-22)29(36)20-35(25-17-23(31)16-24(32)18-25)41(38,39)27-10-8-7-9-11-27/h7-18,21,28H,5-6,19-20H2,1-4H3,(H,33,37)/t21-,28-/m0/s1. The molecule has 2 atom stereocenters. The van der Waals surface area contributed by atoms with E-state index in [0.717, 1.165) is 9.87 Å². The van der Waals surface area contributed by atoms with E-state index in [0.29, 0.717) is 18.6 Å². The van der Waals surface area contributed by atoms with Crippen molar-refractivity contribution in [2.75, 3.05) is 18.0 Å². The van der Waals surface area contributed by atoms with E-state index < -0.39 is 28.5 Å². The second-order valence-corrected chi connectivity index (χ2v) is 12.3. The topological polar surface area (TPSA) is 96.0 Å². The number of carbonyl (C=O) groups excluding carboxylic acids is 2. The average Bonchev–Trinajstić information content (AvgIpc) is 2.95. The maximum atomic E-state index is 14.1. The Morgan fingerprint density at radius 1 is 0.927 bits per heavy atom. The maximum absolute atomic E-state index is 14.1. The van der Waals surface area contributed by atoms with Gasteiger partial charge in [0, 0.05) is 22.6 Å². The number of anilines is 1.